The van der Waals surface area contributed by atoms with Crippen LogP contribution >= 0.6 is 0 Å². The van der Waals surface area contributed by atoms with Gasteiger partial charge in [0.15, 0.2) is 0 Å². The molecule has 3 aliphatic rings. The number of aromatic nitrogens is 1. The van der Waals surface area contributed by atoms with E-state index in [1.807, 2.05) is 17.6 Å². The molecule has 1 aliphatic heterocycles. The fraction of sp³-hybridized carbons (Fsp3) is 0.750. The zero-order valence-electron chi connectivity index (χ0n) is 14.7. The molecule has 4 nitrogen and oxygen atoms in total. The van der Waals surface area contributed by atoms with Crippen LogP contribution < -0.4 is 11.3 Å². The van der Waals surface area contributed by atoms with Gasteiger partial charge in [-0.2, -0.15) is 0 Å². The Bertz CT molecular complexity index is 642. The number of fused-ring (bicyclic) bond motifs is 1. The van der Waals surface area contributed by atoms with Gasteiger partial charge in [0, 0.05) is 17.3 Å². The summed E-state index contributed by atoms with van der Waals surface area (Å²) in [6.07, 6.45) is 10.1. The average Bonchev–Trinajstić information content (AvgIpc) is 3.43. The van der Waals surface area contributed by atoms with Crippen molar-refractivity contribution in [2.75, 3.05) is 6.61 Å². The molecule has 24 heavy (non-hydrogen) atoms. The zero-order chi connectivity index (χ0) is 16.7. The lowest BCUT2D eigenvalue weighted by atomic mass is 9.84. The topological polar surface area (TPSA) is 57.2 Å². The lowest BCUT2D eigenvalue weighted by molar-refractivity contribution is -0.00737. The molecule has 0 aromatic carbocycles. The van der Waals surface area contributed by atoms with Gasteiger partial charge in [-0.15, -0.1) is 0 Å². The van der Waals surface area contributed by atoms with Crippen LogP contribution in [-0.2, 0) is 11.2 Å². The minimum absolute atomic E-state index is 0.0118. The standard InChI is InChI=1S/C20H30N2O2/c1-13-2-7-16-8-11-18(21)19(22(16)20(13)23)12-24-17-9-5-15(6-10-17)14-3-4-14/h2,7,14-15,17-19H,3-6,8-12,21H2,1H3/t15?,17?,18-,19-/m0/s1. The van der Waals surface area contributed by atoms with Crippen LogP contribution in [0.4, 0.5) is 0 Å². The molecule has 4 rings (SSSR count). The first kappa shape index (κ1) is 16.3. The molecule has 2 aliphatic carbocycles. The highest BCUT2D eigenvalue weighted by Gasteiger charge is 2.35. The van der Waals surface area contributed by atoms with Crippen LogP contribution in [0.2, 0.25) is 0 Å². The molecule has 4 heteroatoms. The van der Waals surface area contributed by atoms with Gasteiger partial charge in [0.2, 0.25) is 0 Å². The molecule has 0 spiro atoms. The normalized spacial score (nSPS) is 33.2. The Hall–Kier alpha value is -1.13. The summed E-state index contributed by atoms with van der Waals surface area (Å²) in [6.45, 7) is 2.46. The number of hydrogen-bond acceptors (Lipinski definition) is 3. The van der Waals surface area contributed by atoms with Crippen molar-refractivity contribution in [2.24, 2.45) is 17.6 Å². The van der Waals surface area contributed by atoms with E-state index in [0.29, 0.717) is 12.7 Å². The molecular weight excluding hydrogens is 300 g/mol. The molecule has 0 saturated heterocycles. The van der Waals surface area contributed by atoms with Crippen molar-refractivity contribution in [3.63, 3.8) is 0 Å². The van der Waals surface area contributed by atoms with E-state index in [-0.39, 0.29) is 17.6 Å². The van der Waals surface area contributed by atoms with Crippen molar-refractivity contribution >= 4 is 0 Å². The van der Waals surface area contributed by atoms with Crippen molar-refractivity contribution in [1.29, 1.82) is 0 Å². The summed E-state index contributed by atoms with van der Waals surface area (Å²) in [5.41, 5.74) is 8.37. The van der Waals surface area contributed by atoms with Gasteiger partial charge in [-0.3, -0.25) is 4.79 Å². The number of pyridine rings is 1. The average molecular weight is 330 g/mol. The quantitative estimate of drug-likeness (QED) is 0.923. The van der Waals surface area contributed by atoms with E-state index in [2.05, 4.69) is 6.07 Å². The highest BCUT2D eigenvalue weighted by molar-refractivity contribution is 5.18. The van der Waals surface area contributed by atoms with E-state index >= 15 is 0 Å². The Labute approximate surface area is 144 Å². The van der Waals surface area contributed by atoms with Gasteiger partial charge >= 0.3 is 0 Å². The van der Waals surface area contributed by atoms with Crippen LogP contribution in [0.25, 0.3) is 0 Å². The highest BCUT2D eigenvalue weighted by Crippen LogP contribution is 2.44. The minimum atomic E-state index is -0.0118. The third-order valence-corrected chi connectivity index (χ3v) is 6.46. The van der Waals surface area contributed by atoms with Gasteiger partial charge in [0.1, 0.15) is 0 Å². The van der Waals surface area contributed by atoms with E-state index in [4.69, 9.17) is 10.5 Å². The second kappa shape index (κ2) is 6.64. The molecule has 2 N–H and O–H groups in total. The van der Waals surface area contributed by atoms with Crippen LogP contribution in [-0.4, -0.2) is 23.3 Å². The lowest BCUT2D eigenvalue weighted by Gasteiger charge is -2.35. The first-order valence-electron chi connectivity index (χ1n) is 9.71. The van der Waals surface area contributed by atoms with Crippen LogP contribution in [0.15, 0.2) is 16.9 Å². The predicted octanol–water partition coefficient (Wildman–Crippen LogP) is 2.96. The number of nitrogens with two attached hydrogens (primary N) is 1. The molecule has 1 aromatic rings. The minimum Gasteiger partial charge on any atom is -0.376 e. The smallest absolute Gasteiger partial charge is 0.254 e. The van der Waals surface area contributed by atoms with Crippen molar-refractivity contribution < 1.29 is 4.74 Å². The highest BCUT2D eigenvalue weighted by atomic mass is 16.5. The number of ether oxygens (including phenoxy) is 1. The zero-order valence-corrected chi connectivity index (χ0v) is 14.7. The maximum Gasteiger partial charge on any atom is 0.254 e. The van der Waals surface area contributed by atoms with Gasteiger partial charge in [0.25, 0.3) is 5.56 Å². The van der Waals surface area contributed by atoms with Crippen LogP contribution in [0, 0.1) is 18.8 Å². The summed E-state index contributed by atoms with van der Waals surface area (Å²) in [4.78, 5) is 12.6. The van der Waals surface area contributed by atoms with Gasteiger partial charge < -0.3 is 15.0 Å². The molecule has 2 atom stereocenters. The first-order valence-corrected chi connectivity index (χ1v) is 9.71. The molecular formula is C20H30N2O2. The van der Waals surface area contributed by atoms with E-state index in [0.717, 1.165) is 35.9 Å². The van der Waals surface area contributed by atoms with Crippen molar-refractivity contribution in [3.8, 4) is 0 Å². The maximum absolute atomic E-state index is 12.6. The van der Waals surface area contributed by atoms with E-state index in [1.54, 1.807) is 0 Å². The first-order chi connectivity index (χ1) is 11.6. The molecule has 1 aromatic heterocycles. The molecule has 0 radical (unpaired) electrons. The van der Waals surface area contributed by atoms with Crippen molar-refractivity contribution in [2.45, 2.75) is 76.5 Å². The number of hydrogen-bond donors (Lipinski definition) is 1. The van der Waals surface area contributed by atoms with E-state index < -0.39 is 0 Å². The molecule has 2 heterocycles. The Morgan fingerprint density at radius 2 is 1.75 bits per heavy atom. The largest absolute Gasteiger partial charge is 0.376 e. The molecule has 2 fully saturated rings. The predicted molar refractivity (Wildman–Crippen MR) is 95.2 cm³/mol. The maximum atomic E-state index is 12.6. The Morgan fingerprint density at radius 3 is 2.42 bits per heavy atom. The summed E-state index contributed by atoms with van der Waals surface area (Å²) in [5.74, 6) is 1.97. The summed E-state index contributed by atoms with van der Waals surface area (Å²) >= 11 is 0. The van der Waals surface area contributed by atoms with Gasteiger partial charge in [-0.25, -0.2) is 0 Å². The Kier molecular flexibility index (Phi) is 4.52. The molecule has 0 unspecified atom stereocenters. The fourth-order valence-electron chi connectivity index (χ4n) is 4.69. The second-order valence-electron chi connectivity index (χ2n) is 8.16. The Morgan fingerprint density at radius 1 is 1.08 bits per heavy atom. The van der Waals surface area contributed by atoms with E-state index in [9.17, 15) is 4.79 Å². The molecule has 2 saturated carbocycles. The SMILES string of the molecule is Cc1ccc2n(c1=O)[C@@H](COC1CCC(C3CC3)CC1)[C@@H](N)CC2. The van der Waals surface area contributed by atoms with Crippen molar-refractivity contribution in [3.05, 3.63) is 33.7 Å². The number of rotatable bonds is 4. The lowest BCUT2D eigenvalue weighted by Crippen LogP contribution is -2.46. The summed E-state index contributed by atoms with van der Waals surface area (Å²) in [5, 5.41) is 0. The second-order valence-corrected chi connectivity index (χ2v) is 8.16. The number of nitrogens with zero attached hydrogens (tertiary/aromatic N) is 1. The summed E-state index contributed by atoms with van der Waals surface area (Å²) in [7, 11) is 0. The molecule has 132 valence electrons. The number of aryl methyl sites for hydroxylation is 2. The summed E-state index contributed by atoms with van der Waals surface area (Å²) in [6, 6.07) is 4.01. The van der Waals surface area contributed by atoms with Crippen molar-refractivity contribution in [1.82, 2.24) is 4.57 Å². The van der Waals surface area contributed by atoms with E-state index in [1.165, 1.54) is 38.5 Å². The fourth-order valence-corrected chi connectivity index (χ4v) is 4.69. The van der Waals surface area contributed by atoms with Crippen LogP contribution in [0.5, 0.6) is 0 Å². The van der Waals surface area contributed by atoms with Gasteiger partial charge in [0.05, 0.1) is 18.8 Å². The Balaban J connectivity index is 1.41. The van der Waals surface area contributed by atoms with Gasteiger partial charge in [-0.05, 0) is 76.2 Å². The van der Waals surface area contributed by atoms with Crippen LogP contribution in [0.1, 0.15) is 62.2 Å². The third kappa shape index (κ3) is 3.18. The molecule has 0 bridgehead atoms. The molecule has 0 amide bonds. The monoisotopic (exact) mass is 330 g/mol. The van der Waals surface area contributed by atoms with Crippen LogP contribution in [0.3, 0.4) is 0 Å². The van der Waals surface area contributed by atoms with Gasteiger partial charge in [-0.1, -0.05) is 6.07 Å². The third-order valence-electron chi connectivity index (χ3n) is 6.46. The summed E-state index contributed by atoms with van der Waals surface area (Å²) < 4.78 is 8.17.